The molecule has 3 aromatic rings. The van der Waals surface area contributed by atoms with E-state index >= 15 is 0 Å². The number of carbonyl (C=O) groups excluding carboxylic acids is 1. The number of furan rings is 1. The molecule has 2 aromatic heterocycles. The van der Waals surface area contributed by atoms with Crippen LogP contribution in [0.2, 0.25) is 10.0 Å². The summed E-state index contributed by atoms with van der Waals surface area (Å²) >= 11 is 14.5. The Kier molecular flexibility index (Phi) is 7.04. The fraction of sp³-hybridized carbons (Fsp3) is 0.348. The first-order valence-corrected chi connectivity index (χ1v) is 11.9. The Balaban J connectivity index is 1.77. The van der Waals surface area contributed by atoms with Gasteiger partial charge in [0.25, 0.3) is 5.91 Å². The molecule has 0 radical (unpaired) electrons. The van der Waals surface area contributed by atoms with E-state index in [1.807, 2.05) is 12.1 Å². The molecule has 3 heterocycles. The molecule has 1 fully saturated rings. The minimum Gasteiger partial charge on any atom is -0.459 e. The highest BCUT2D eigenvalue weighted by atomic mass is 35.5. The van der Waals surface area contributed by atoms with Crippen LogP contribution in [0.25, 0.3) is 0 Å². The van der Waals surface area contributed by atoms with Crippen molar-refractivity contribution in [1.82, 2.24) is 9.80 Å². The third kappa shape index (κ3) is 4.99. The van der Waals surface area contributed by atoms with E-state index < -0.39 is 0 Å². The predicted molar refractivity (Wildman–Crippen MR) is 128 cm³/mol. The summed E-state index contributed by atoms with van der Waals surface area (Å²) in [6.07, 6.45) is 2.39. The molecule has 1 amide bonds. The van der Waals surface area contributed by atoms with Crippen molar-refractivity contribution < 1.29 is 9.21 Å². The van der Waals surface area contributed by atoms with Crippen LogP contribution in [-0.4, -0.2) is 48.9 Å². The molecule has 1 aliphatic heterocycles. The summed E-state index contributed by atoms with van der Waals surface area (Å²) in [5.74, 6) is 0.0353. The normalized spacial score (nSPS) is 16.4. The van der Waals surface area contributed by atoms with Crippen LogP contribution in [0, 0.1) is 0 Å². The third-order valence-electron chi connectivity index (χ3n) is 5.59. The first-order chi connectivity index (χ1) is 15.0. The second kappa shape index (κ2) is 9.76. The highest BCUT2D eigenvalue weighted by molar-refractivity contribution is 7.16. The first-order valence-electron chi connectivity index (χ1n) is 10.3. The van der Waals surface area contributed by atoms with E-state index in [4.69, 9.17) is 27.6 Å². The lowest BCUT2D eigenvalue weighted by Gasteiger charge is -2.38. The van der Waals surface area contributed by atoms with E-state index in [2.05, 4.69) is 35.2 Å². The van der Waals surface area contributed by atoms with Gasteiger partial charge < -0.3 is 14.6 Å². The van der Waals surface area contributed by atoms with E-state index in [1.165, 1.54) is 11.1 Å². The van der Waals surface area contributed by atoms with Gasteiger partial charge in [-0.2, -0.15) is 0 Å². The fourth-order valence-electron chi connectivity index (χ4n) is 3.87. The Labute approximate surface area is 196 Å². The summed E-state index contributed by atoms with van der Waals surface area (Å²) in [5, 5.41) is 5.14. The average Bonchev–Trinajstić information content (AvgIpc) is 3.42. The van der Waals surface area contributed by atoms with E-state index in [0.717, 1.165) is 48.7 Å². The van der Waals surface area contributed by atoms with Gasteiger partial charge in [-0.15, -0.1) is 11.3 Å². The Bertz CT molecular complexity index is 1040. The summed E-state index contributed by atoms with van der Waals surface area (Å²) in [5.41, 5.74) is 2.04. The molecule has 0 saturated carbocycles. The number of piperazine rings is 1. The zero-order valence-electron chi connectivity index (χ0n) is 17.5. The van der Waals surface area contributed by atoms with Gasteiger partial charge in [-0.3, -0.25) is 9.69 Å². The molecular weight excluding hydrogens is 453 g/mol. The van der Waals surface area contributed by atoms with Crippen molar-refractivity contribution in [3.63, 3.8) is 0 Å². The number of aryl methyl sites for hydroxylation is 1. The monoisotopic (exact) mass is 477 g/mol. The van der Waals surface area contributed by atoms with Crippen molar-refractivity contribution >= 4 is 45.4 Å². The highest BCUT2D eigenvalue weighted by Crippen LogP contribution is 2.42. The van der Waals surface area contributed by atoms with Gasteiger partial charge in [-0.25, -0.2) is 0 Å². The fourth-order valence-corrected chi connectivity index (χ4v) is 5.41. The molecule has 1 N–H and O–H groups in total. The molecule has 1 atom stereocenters. The smallest absolute Gasteiger partial charge is 0.291 e. The number of nitrogens with one attached hydrogen (secondary N) is 1. The molecule has 164 valence electrons. The standard InChI is InChI=1S/C23H25Cl2N3O2S/c1-3-16-14-18(23(31-16)26-22(29)20-5-4-12-30-20)21(28-10-8-27(2)9-11-28)17-7-6-15(24)13-19(17)25/h4-7,12-14,21H,3,8-11H2,1-2H3,(H,26,29)/t21-/m1/s1. The van der Waals surface area contributed by atoms with Crippen molar-refractivity contribution in [1.29, 1.82) is 0 Å². The van der Waals surface area contributed by atoms with Gasteiger partial charge >= 0.3 is 0 Å². The summed E-state index contributed by atoms with van der Waals surface area (Å²) in [6, 6.07) is 11.1. The van der Waals surface area contributed by atoms with Gasteiger partial charge in [-0.1, -0.05) is 36.2 Å². The largest absolute Gasteiger partial charge is 0.459 e. The first kappa shape index (κ1) is 22.4. The SMILES string of the molecule is CCc1cc([C@@H](c2ccc(Cl)cc2Cl)N2CCN(C)CC2)c(NC(=O)c2ccco2)s1. The van der Waals surface area contributed by atoms with E-state index in [0.29, 0.717) is 10.0 Å². The third-order valence-corrected chi connectivity index (χ3v) is 7.36. The number of rotatable bonds is 6. The molecule has 1 aliphatic rings. The van der Waals surface area contributed by atoms with Gasteiger partial charge in [-0.05, 0) is 49.4 Å². The number of likely N-dealkylation sites (N-methyl/N-ethyl adjacent to an activating group) is 1. The summed E-state index contributed by atoms with van der Waals surface area (Å²) in [4.78, 5) is 18.7. The molecule has 5 nitrogen and oxygen atoms in total. The second-order valence-electron chi connectivity index (χ2n) is 7.69. The summed E-state index contributed by atoms with van der Waals surface area (Å²) in [7, 11) is 2.14. The molecule has 4 rings (SSSR count). The maximum Gasteiger partial charge on any atom is 0.291 e. The summed E-state index contributed by atoms with van der Waals surface area (Å²) < 4.78 is 5.29. The van der Waals surface area contributed by atoms with Gasteiger partial charge in [0.1, 0.15) is 5.00 Å². The molecule has 8 heteroatoms. The maximum atomic E-state index is 12.8. The minimum atomic E-state index is -0.255. The molecular formula is C23H25Cl2N3O2S. The van der Waals surface area contributed by atoms with Crippen LogP contribution in [-0.2, 0) is 6.42 Å². The van der Waals surface area contributed by atoms with Crippen LogP contribution in [0.5, 0.6) is 0 Å². The second-order valence-corrected chi connectivity index (χ2v) is 9.67. The van der Waals surface area contributed by atoms with Crippen LogP contribution < -0.4 is 5.32 Å². The average molecular weight is 478 g/mol. The predicted octanol–water partition coefficient (Wildman–Crippen LogP) is 5.80. The van der Waals surface area contributed by atoms with Crippen molar-refractivity contribution in [2.75, 3.05) is 38.5 Å². The van der Waals surface area contributed by atoms with Crippen molar-refractivity contribution in [3.05, 3.63) is 74.5 Å². The van der Waals surface area contributed by atoms with E-state index in [1.54, 1.807) is 29.5 Å². The number of nitrogens with zero attached hydrogens (tertiary/aromatic N) is 2. The highest BCUT2D eigenvalue weighted by Gasteiger charge is 2.31. The quantitative estimate of drug-likeness (QED) is 0.487. The van der Waals surface area contributed by atoms with Gasteiger partial charge in [0, 0.05) is 46.7 Å². The maximum absolute atomic E-state index is 12.8. The van der Waals surface area contributed by atoms with Gasteiger partial charge in [0.05, 0.1) is 12.3 Å². The molecule has 0 spiro atoms. The Morgan fingerprint density at radius 1 is 1.16 bits per heavy atom. The van der Waals surface area contributed by atoms with E-state index in [9.17, 15) is 4.79 Å². The lowest BCUT2D eigenvalue weighted by Crippen LogP contribution is -2.46. The lowest BCUT2D eigenvalue weighted by atomic mass is 9.97. The molecule has 0 unspecified atom stereocenters. The van der Waals surface area contributed by atoms with Crippen LogP contribution in [0.1, 0.15) is 39.5 Å². The van der Waals surface area contributed by atoms with E-state index in [-0.39, 0.29) is 17.7 Å². The molecule has 1 aromatic carbocycles. The van der Waals surface area contributed by atoms with Crippen LogP contribution >= 0.6 is 34.5 Å². The minimum absolute atomic E-state index is 0.0816. The zero-order valence-corrected chi connectivity index (χ0v) is 19.9. The number of thiophene rings is 1. The molecule has 0 aliphatic carbocycles. The van der Waals surface area contributed by atoms with Crippen LogP contribution in [0.15, 0.2) is 47.1 Å². The Morgan fingerprint density at radius 2 is 1.94 bits per heavy atom. The van der Waals surface area contributed by atoms with Crippen LogP contribution in [0.3, 0.4) is 0 Å². The lowest BCUT2D eigenvalue weighted by molar-refractivity contribution is 0.0996. The summed E-state index contributed by atoms with van der Waals surface area (Å²) in [6.45, 7) is 5.88. The van der Waals surface area contributed by atoms with Crippen LogP contribution in [0.4, 0.5) is 5.00 Å². The number of halogens is 2. The number of hydrogen-bond donors (Lipinski definition) is 1. The van der Waals surface area contributed by atoms with Gasteiger partial charge in [0.2, 0.25) is 0 Å². The molecule has 31 heavy (non-hydrogen) atoms. The molecule has 1 saturated heterocycles. The van der Waals surface area contributed by atoms with Crippen molar-refractivity contribution in [2.24, 2.45) is 0 Å². The van der Waals surface area contributed by atoms with Crippen molar-refractivity contribution in [2.45, 2.75) is 19.4 Å². The Morgan fingerprint density at radius 3 is 2.58 bits per heavy atom. The number of benzene rings is 1. The number of amides is 1. The zero-order chi connectivity index (χ0) is 22.0. The van der Waals surface area contributed by atoms with Gasteiger partial charge in [0.15, 0.2) is 5.76 Å². The topological polar surface area (TPSA) is 48.7 Å². The number of anilines is 1. The number of carbonyl (C=O) groups is 1. The number of hydrogen-bond acceptors (Lipinski definition) is 5. The molecule has 0 bridgehead atoms. The Hall–Kier alpha value is -1.83. The van der Waals surface area contributed by atoms with Crippen molar-refractivity contribution in [3.8, 4) is 0 Å².